The summed E-state index contributed by atoms with van der Waals surface area (Å²) in [5.41, 5.74) is 0. The third-order valence-corrected chi connectivity index (χ3v) is 3.30. The largest absolute Gasteiger partial charge is 0.480 e. The summed E-state index contributed by atoms with van der Waals surface area (Å²) < 4.78 is 0. The monoisotopic (exact) mass is 242 g/mol. The molecule has 1 rings (SSSR count). The van der Waals surface area contributed by atoms with Crippen molar-refractivity contribution in [2.45, 2.75) is 33.1 Å². The molecule has 0 amide bonds. The van der Waals surface area contributed by atoms with E-state index in [0.717, 1.165) is 38.5 Å². The first kappa shape index (κ1) is 14.5. The molecule has 0 unspecified atom stereocenters. The van der Waals surface area contributed by atoms with E-state index in [2.05, 4.69) is 18.7 Å². The van der Waals surface area contributed by atoms with E-state index in [4.69, 9.17) is 5.11 Å². The summed E-state index contributed by atoms with van der Waals surface area (Å²) in [6.45, 7) is 9.84. The van der Waals surface area contributed by atoms with Crippen LogP contribution in [0.5, 0.6) is 0 Å². The van der Waals surface area contributed by atoms with Gasteiger partial charge in [0.2, 0.25) is 0 Å². The SMILES string of the molecule is CC(C)CCCN1CCCN(CC(=O)O)CC1. The van der Waals surface area contributed by atoms with Crippen molar-refractivity contribution in [2.75, 3.05) is 39.3 Å². The van der Waals surface area contributed by atoms with Crippen LogP contribution < -0.4 is 0 Å². The lowest BCUT2D eigenvalue weighted by Gasteiger charge is -2.21. The first-order chi connectivity index (χ1) is 8.08. The van der Waals surface area contributed by atoms with Gasteiger partial charge in [-0.2, -0.15) is 0 Å². The number of carboxylic acids is 1. The van der Waals surface area contributed by atoms with Crippen molar-refractivity contribution in [3.05, 3.63) is 0 Å². The lowest BCUT2D eigenvalue weighted by molar-refractivity contribution is -0.138. The van der Waals surface area contributed by atoms with E-state index in [1.165, 1.54) is 19.4 Å². The van der Waals surface area contributed by atoms with Gasteiger partial charge in [-0.05, 0) is 38.3 Å². The van der Waals surface area contributed by atoms with Crippen molar-refractivity contribution in [2.24, 2.45) is 5.92 Å². The van der Waals surface area contributed by atoms with E-state index in [0.29, 0.717) is 0 Å². The van der Waals surface area contributed by atoms with Crippen molar-refractivity contribution in [1.82, 2.24) is 9.80 Å². The highest BCUT2D eigenvalue weighted by Gasteiger charge is 2.16. The molecule has 0 aromatic carbocycles. The summed E-state index contributed by atoms with van der Waals surface area (Å²) in [4.78, 5) is 15.2. The first-order valence-corrected chi connectivity index (χ1v) is 6.74. The molecule has 100 valence electrons. The molecule has 17 heavy (non-hydrogen) atoms. The minimum absolute atomic E-state index is 0.194. The number of hydrogen-bond acceptors (Lipinski definition) is 3. The predicted molar refractivity (Wildman–Crippen MR) is 69.2 cm³/mol. The lowest BCUT2D eigenvalue weighted by Crippen LogP contribution is -2.34. The summed E-state index contributed by atoms with van der Waals surface area (Å²) in [5, 5.41) is 8.77. The number of nitrogens with zero attached hydrogens (tertiary/aromatic N) is 2. The summed E-state index contributed by atoms with van der Waals surface area (Å²) in [5.74, 6) is 0.0729. The molecule has 0 radical (unpaired) electrons. The predicted octanol–water partition coefficient (Wildman–Crippen LogP) is 1.51. The zero-order valence-corrected chi connectivity index (χ0v) is 11.2. The summed E-state index contributed by atoms with van der Waals surface area (Å²) in [6.07, 6.45) is 3.64. The van der Waals surface area contributed by atoms with Crippen molar-refractivity contribution < 1.29 is 9.90 Å². The van der Waals surface area contributed by atoms with E-state index in [9.17, 15) is 4.79 Å². The van der Waals surface area contributed by atoms with E-state index < -0.39 is 5.97 Å². The molecule has 1 aliphatic rings. The zero-order chi connectivity index (χ0) is 12.7. The van der Waals surface area contributed by atoms with E-state index >= 15 is 0 Å². The summed E-state index contributed by atoms with van der Waals surface area (Å²) in [6, 6.07) is 0. The average molecular weight is 242 g/mol. The van der Waals surface area contributed by atoms with E-state index in [1.807, 2.05) is 4.90 Å². The van der Waals surface area contributed by atoms with E-state index in [1.54, 1.807) is 0 Å². The number of carbonyl (C=O) groups is 1. The Kier molecular flexibility index (Phi) is 6.52. The maximum Gasteiger partial charge on any atom is 0.317 e. The van der Waals surface area contributed by atoms with Gasteiger partial charge in [-0.1, -0.05) is 13.8 Å². The second kappa shape index (κ2) is 7.67. The van der Waals surface area contributed by atoms with Crippen molar-refractivity contribution in [3.8, 4) is 0 Å². The molecule has 1 N–H and O–H groups in total. The van der Waals surface area contributed by atoms with Gasteiger partial charge in [0.15, 0.2) is 0 Å². The van der Waals surface area contributed by atoms with Crippen LogP contribution in [0.3, 0.4) is 0 Å². The van der Waals surface area contributed by atoms with Crippen LogP contribution in [0.1, 0.15) is 33.1 Å². The number of hydrogen-bond donors (Lipinski definition) is 1. The Labute approximate surface area is 105 Å². The molecule has 0 bridgehead atoms. The smallest absolute Gasteiger partial charge is 0.317 e. The molecule has 0 aromatic rings. The highest BCUT2D eigenvalue weighted by molar-refractivity contribution is 5.69. The molecule has 1 aliphatic heterocycles. The normalized spacial score (nSPS) is 19.5. The van der Waals surface area contributed by atoms with Crippen LogP contribution >= 0.6 is 0 Å². The molecule has 1 heterocycles. The van der Waals surface area contributed by atoms with Gasteiger partial charge in [0, 0.05) is 19.6 Å². The van der Waals surface area contributed by atoms with Gasteiger partial charge < -0.3 is 10.0 Å². The van der Waals surface area contributed by atoms with Crippen LogP contribution in [0, 0.1) is 5.92 Å². The van der Waals surface area contributed by atoms with Gasteiger partial charge >= 0.3 is 5.97 Å². The molecule has 4 heteroatoms. The molecule has 0 saturated carbocycles. The highest BCUT2D eigenvalue weighted by Crippen LogP contribution is 2.08. The Balaban J connectivity index is 2.20. The van der Waals surface area contributed by atoms with E-state index in [-0.39, 0.29) is 6.54 Å². The Morgan fingerprint density at radius 2 is 1.82 bits per heavy atom. The Morgan fingerprint density at radius 3 is 2.47 bits per heavy atom. The van der Waals surface area contributed by atoms with Crippen LogP contribution in [0.15, 0.2) is 0 Å². The number of carboxylic acid groups (broad SMARTS) is 1. The Bertz CT molecular complexity index is 231. The molecule has 0 aromatic heterocycles. The lowest BCUT2D eigenvalue weighted by atomic mass is 10.1. The quantitative estimate of drug-likeness (QED) is 0.767. The standard InChI is InChI=1S/C13H26N2O2/c1-12(2)5-3-6-14-7-4-8-15(10-9-14)11-13(16)17/h12H,3-11H2,1-2H3,(H,16,17). The summed E-state index contributed by atoms with van der Waals surface area (Å²) in [7, 11) is 0. The topological polar surface area (TPSA) is 43.8 Å². The minimum Gasteiger partial charge on any atom is -0.480 e. The molecule has 0 spiro atoms. The van der Waals surface area contributed by atoms with Gasteiger partial charge in [0.25, 0.3) is 0 Å². The fourth-order valence-electron chi connectivity index (χ4n) is 2.32. The van der Waals surface area contributed by atoms with Crippen molar-refractivity contribution in [3.63, 3.8) is 0 Å². The molecule has 4 nitrogen and oxygen atoms in total. The van der Waals surface area contributed by atoms with Gasteiger partial charge in [0.1, 0.15) is 0 Å². The molecular formula is C13H26N2O2. The molecule has 1 saturated heterocycles. The number of aliphatic carboxylic acids is 1. The summed E-state index contributed by atoms with van der Waals surface area (Å²) >= 11 is 0. The van der Waals surface area contributed by atoms with Gasteiger partial charge in [-0.3, -0.25) is 9.69 Å². The third kappa shape index (κ3) is 6.64. The number of rotatable bonds is 6. The van der Waals surface area contributed by atoms with Gasteiger partial charge in [-0.25, -0.2) is 0 Å². The minimum atomic E-state index is -0.710. The maximum absolute atomic E-state index is 10.7. The van der Waals surface area contributed by atoms with Gasteiger partial charge in [-0.15, -0.1) is 0 Å². The average Bonchev–Trinajstić information content (AvgIpc) is 2.43. The molecule has 1 fully saturated rings. The van der Waals surface area contributed by atoms with Crippen LogP contribution in [0.4, 0.5) is 0 Å². The van der Waals surface area contributed by atoms with Crippen molar-refractivity contribution in [1.29, 1.82) is 0 Å². The van der Waals surface area contributed by atoms with Crippen LogP contribution in [0.2, 0.25) is 0 Å². The fourth-order valence-corrected chi connectivity index (χ4v) is 2.32. The van der Waals surface area contributed by atoms with Crippen LogP contribution in [-0.2, 0) is 4.79 Å². The second-order valence-corrected chi connectivity index (χ2v) is 5.40. The van der Waals surface area contributed by atoms with Crippen molar-refractivity contribution >= 4 is 5.97 Å². The molecule has 0 atom stereocenters. The molecular weight excluding hydrogens is 216 g/mol. The first-order valence-electron chi connectivity index (χ1n) is 6.74. The van der Waals surface area contributed by atoms with Gasteiger partial charge in [0.05, 0.1) is 6.54 Å². The zero-order valence-electron chi connectivity index (χ0n) is 11.2. The Hall–Kier alpha value is -0.610. The van der Waals surface area contributed by atoms with Crippen LogP contribution in [-0.4, -0.2) is 60.1 Å². The fraction of sp³-hybridized carbons (Fsp3) is 0.923. The highest BCUT2D eigenvalue weighted by atomic mass is 16.4. The Morgan fingerprint density at radius 1 is 1.18 bits per heavy atom. The third-order valence-electron chi connectivity index (χ3n) is 3.30. The molecule has 0 aliphatic carbocycles. The maximum atomic E-state index is 10.7. The second-order valence-electron chi connectivity index (χ2n) is 5.40. The van der Waals surface area contributed by atoms with Crippen LogP contribution in [0.25, 0.3) is 0 Å².